The van der Waals surface area contributed by atoms with Gasteiger partial charge < -0.3 is 0 Å². The molecule has 0 aliphatic heterocycles. The van der Waals surface area contributed by atoms with E-state index in [1.165, 1.54) is 6.07 Å². The fraction of sp³-hybridized carbons (Fsp3) is 0. The highest BCUT2D eigenvalue weighted by Crippen LogP contribution is 2.32. The Bertz CT molecular complexity index is 975. The Kier molecular flexibility index (Phi) is 2.69. The van der Waals surface area contributed by atoms with Gasteiger partial charge in [0.25, 0.3) is 0 Å². The summed E-state index contributed by atoms with van der Waals surface area (Å²) in [6, 6.07) is 18.3. The molecule has 0 bridgehead atoms. The van der Waals surface area contributed by atoms with Crippen LogP contribution in [0.1, 0.15) is 0 Å². The maximum absolute atomic E-state index is 14.4. The summed E-state index contributed by atoms with van der Waals surface area (Å²) in [5.74, 6) is 0.337. The molecule has 0 fully saturated rings. The van der Waals surface area contributed by atoms with Crippen LogP contribution < -0.4 is 0 Å². The standard InChI is InChI=1S/C17H10ClFN2/c18-15-9-4-10-16(20-15)21-14-8-2-1-5-11(14)12-6-3-7-13(19)17(12)21/h1-10H. The Morgan fingerprint density at radius 2 is 1.62 bits per heavy atom. The van der Waals surface area contributed by atoms with Crippen LogP contribution in [0.15, 0.2) is 60.7 Å². The molecular weight excluding hydrogens is 287 g/mol. The molecular formula is C17H10ClFN2. The van der Waals surface area contributed by atoms with Crippen molar-refractivity contribution in [3.8, 4) is 5.82 Å². The highest BCUT2D eigenvalue weighted by Gasteiger charge is 2.15. The quantitative estimate of drug-likeness (QED) is 0.453. The van der Waals surface area contributed by atoms with E-state index in [4.69, 9.17) is 11.6 Å². The number of para-hydroxylation sites is 2. The molecule has 21 heavy (non-hydrogen) atoms. The molecule has 0 aliphatic rings. The van der Waals surface area contributed by atoms with Gasteiger partial charge in [-0.2, -0.15) is 0 Å². The lowest BCUT2D eigenvalue weighted by atomic mass is 10.1. The lowest BCUT2D eigenvalue weighted by Crippen LogP contribution is -1.98. The maximum Gasteiger partial charge on any atom is 0.147 e. The third-order valence-corrected chi connectivity index (χ3v) is 3.79. The topological polar surface area (TPSA) is 17.8 Å². The Balaban J connectivity index is 2.24. The van der Waals surface area contributed by atoms with Gasteiger partial charge in [0, 0.05) is 10.8 Å². The number of aromatic nitrogens is 2. The van der Waals surface area contributed by atoms with Crippen LogP contribution in [0.5, 0.6) is 0 Å². The van der Waals surface area contributed by atoms with Crippen molar-refractivity contribution in [3.63, 3.8) is 0 Å². The Morgan fingerprint density at radius 3 is 2.48 bits per heavy atom. The van der Waals surface area contributed by atoms with Crippen LogP contribution >= 0.6 is 11.6 Å². The summed E-state index contributed by atoms with van der Waals surface area (Å²) < 4.78 is 16.2. The molecule has 102 valence electrons. The van der Waals surface area contributed by atoms with E-state index in [0.29, 0.717) is 16.5 Å². The normalized spacial score (nSPS) is 11.3. The first-order valence-corrected chi connectivity index (χ1v) is 6.94. The Labute approximate surface area is 125 Å². The van der Waals surface area contributed by atoms with Crippen molar-refractivity contribution >= 4 is 33.4 Å². The second-order valence-corrected chi connectivity index (χ2v) is 5.19. The monoisotopic (exact) mass is 296 g/mol. The van der Waals surface area contributed by atoms with Crippen LogP contribution in [0.3, 0.4) is 0 Å². The smallest absolute Gasteiger partial charge is 0.147 e. The molecule has 0 saturated carbocycles. The van der Waals surface area contributed by atoms with Crippen molar-refractivity contribution in [2.75, 3.05) is 0 Å². The fourth-order valence-corrected chi connectivity index (χ4v) is 2.90. The first kappa shape index (κ1) is 12.4. The number of halogens is 2. The summed E-state index contributed by atoms with van der Waals surface area (Å²) in [6.45, 7) is 0. The van der Waals surface area contributed by atoms with E-state index in [1.54, 1.807) is 12.1 Å². The molecule has 0 amide bonds. The number of nitrogens with zero attached hydrogens (tertiary/aromatic N) is 2. The molecule has 4 rings (SSSR count). The summed E-state index contributed by atoms with van der Waals surface area (Å²) in [5, 5.41) is 2.25. The average Bonchev–Trinajstić information content (AvgIpc) is 2.83. The van der Waals surface area contributed by atoms with Gasteiger partial charge in [-0.25, -0.2) is 9.37 Å². The molecule has 4 heteroatoms. The number of benzene rings is 2. The van der Waals surface area contributed by atoms with Crippen molar-refractivity contribution in [1.29, 1.82) is 0 Å². The lowest BCUT2D eigenvalue weighted by molar-refractivity contribution is 0.635. The molecule has 2 aromatic carbocycles. The summed E-state index contributed by atoms with van der Waals surface area (Å²) >= 11 is 5.99. The van der Waals surface area contributed by atoms with E-state index in [1.807, 2.05) is 47.0 Å². The Morgan fingerprint density at radius 1 is 0.857 bits per heavy atom. The van der Waals surface area contributed by atoms with Crippen molar-refractivity contribution < 1.29 is 4.39 Å². The minimum absolute atomic E-state index is 0.273. The largest absolute Gasteiger partial charge is 0.291 e. The van der Waals surface area contributed by atoms with Gasteiger partial charge >= 0.3 is 0 Å². The van der Waals surface area contributed by atoms with Crippen LogP contribution in [0.25, 0.3) is 27.6 Å². The summed E-state index contributed by atoms with van der Waals surface area (Å²) in [5.41, 5.74) is 1.43. The van der Waals surface area contributed by atoms with Gasteiger partial charge in [0.05, 0.1) is 11.0 Å². The second-order valence-electron chi connectivity index (χ2n) is 4.81. The van der Waals surface area contributed by atoms with Crippen molar-refractivity contribution in [2.24, 2.45) is 0 Å². The van der Waals surface area contributed by atoms with Gasteiger partial charge in [-0.1, -0.05) is 48.0 Å². The van der Waals surface area contributed by atoms with E-state index in [9.17, 15) is 4.39 Å². The van der Waals surface area contributed by atoms with Crippen LogP contribution in [0.2, 0.25) is 5.15 Å². The number of pyridine rings is 1. The highest BCUT2D eigenvalue weighted by atomic mass is 35.5. The average molecular weight is 297 g/mol. The van der Waals surface area contributed by atoms with E-state index in [-0.39, 0.29) is 5.82 Å². The molecule has 0 aliphatic carbocycles. The number of fused-ring (bicyclic) bond motifs is 3. The van der Waals surface area contributed by atoms with Gasteiger partial charge in [-0.05, 0) is 24.3 Å². The van der Waals surface area contributed by atoms with Gasteiger partial charge in [-0.3, -0.25) is 4.57 Å². The molecule has 0 radical (unpaired) electrons. The van der Waals surface area contributed by atoms with Gasteiger partial charge in [-0.15, -0.1) is 0 Å². The second kappa shape index (κ2) is 4.57. The molecule has 2 heterocycles. The Hall–Kier alpha value is -2.39. The van der Waals surface area contributed by atoms with E-state index < -0.39 is 0 Å². The first-order valence-electron chi connectivity index (χ1n) is 6.56. The zero-order valence-electron chi connectivity index (χ0n) is 10.9. The van der Waals surface area contributed by atoms with E-state index in [2.05, 4.69) is 4.98 Å². The fourth-order valence-electron chi connectivity index (χ4n) is 2.74. The third-order valence-electron chi connectivity index (χ3n) is 3.58. The van der Waals surface area contributed by atoms with E-state index >= 15 is 0 Å². The first-order chi connectivity index (χ1) is 10.3. The van der Waals surface area contributed by atoms with Gasteiger partial charge in [0.15, 0.2) is 0 Å². The minimum atomic E-state index is -0.273. The zero-order chi connectivity index (χ0) is 14.4. The number of rotatable bonds is 1. The molecule has 0 spiro atoms. The molecule has 0 saturated heterocycles. The summed E-state index contributed by atoms with van der Waals surface area (Å²) in [6.07, 6.45) is 0. The highest BCUT2D eigenvalue weighted by molar-refractivity contribution is 6.29. The van der Waals surface area contributed by atoms with Crippen LogP contribution in [-0.4, -0.2) is 9.55 Å². The van der Waals surface area contributed by atoms with Crippen molar-refractivity contribution in [1.82, 2.24) is 9.55 Å². The molecule has 2 aromatic heterocycles. The van der Waals surface area contributed by atoms with Crippen LogP contribution in [-0.2, 0) is 0 Å². The predicted molar refractivity (Wildman–Crippen MR) is 83.5 cm³/mol. The van der Waals surface area contributed by atoms with E-state index in [0.717, 1.165) is 16.3 Å². The number of hydrogen-bond acceptors (Lipinski definition) is 1. The molecule has 2 nitrogen and oxygen atoms in total. The summed E-state index contributed by atoms with van der Waals surface area (Å²) in [4.78, 5) is 4.32. The van der Waals surface area contributed by atoms with Crippen LogP contribution in [0, 0.1) is 5.82 Å². The van der Waals surface area contributed by atoms with Crippen LogP contribution in [0.4, 0.5) is 4.39 Å². The molecule has 0 unspecified atom stereocenters. The van der Waals surface area contributed by atoms with Gasteiger partial charge in [0.1, 0.15) is 16.8 Å². The molecule has 4 aromatic rings. The molecule has 0 N–H and O–H groups in total. The number of hydrogen-bond donors (Lipinski definition) is 0. The maximum atomic E-state index is 14.4. The van der Waals surface area contributed by atoms with Crippen molar-refractivity contribution in [3.05, 3.63) is 71.6 Å². The predicted octanol–water partition coefficient (Wildman–Crippen LogP) is 4.97. The lowest BCUT2D eigenvalue weighted by Gasteiger charge is -2.07. The SMILES string of the molecule is Fc1cccc2c3ccccc3n(-c3cccc(Cl)n3)c12. The zero-order valence-corrected chi connectivity index (χ0v) is 11.7. The van der Waals surface area contributed by atoms with Crippen molar-refractivity contribution in [2.45, 2.75) is 0 Å². The third kappa shape index (κ3) is 1.82. The van der Waals surface area contributed by atoms with Gasteiger partial charge in [0.2, 0.25) is 0 Å². The summed E-state index contributed by atoms with van der Waals surface area (Å²) in [7, 11) is 0. The molecule has 0 atom stereocenters. The minimum Gasteiger partial charge on any atom is -0.291 e.